The second-order valence-electron chi connectivity index (χ2n) is 3.74. The lowest BCUT2D eigenvalue weighted by molar-refractivity contribution is -0.137. The van der Waals surface area contributed by atoms with E-state index in [4.69, 9.17) is 11.6 Å². The topological polar surface area (TPSA) is 20.2 Å². The predicted octanol–water partition coefficient (Wildman–Crippen LogP) is 4.73. The van der Waals surface area contributed by atoms with Gasteiger partial charge in [0.1, 0.15) is 5.75 Å². The van der Waals surface area contributed by atoms with E-state index in [1.54, 1.807) is 12.1 Å². The van der Waals surface area contributed by atoms with Gasteiger partial charge in [0.15, 0.2) is 0 Å². The van der Waals surface area contributed by atoms with Crippen LogP contribution in [0.5, 0.6) is 5.75 Å². The molecule has 0 aromatic heterocycles. The highest BCUT2D eigenvalue weighted by Crippen LogP contribution is 2.34. The number of hydrogen-bond acceptors (Lipinski definition) is 1. The van der Waals surface area contributed by atoms with Crippen molar-refractivity contribution in [3.8, 4) is 16.9 Å². The quantitative estimate of drug-likeness (QED) is 0.795. The molecule has 1 N–H and O–H groups in total. The Hall–Kier alpha value is -1.68. The number of phenols is 1. The summed E-state index contributed by atoms with van der Waals surface area (Å²) in [5.41, 5.74) is 0.213. The van der Waals surface area contributed by atoms with Crippen LogP contribution in [-0.4, -0.2) is 5.11 Å². The van der Waals surface area contributed by atoms with Crippen molar-refractivity contribution in [3.63, 3.8) is 0 Å². The molecule has 2 aromatic rings. The third kappa shape index (κ3) is 2.59. The molecule has 0 aliphatic carbocycles. The van der Waals surface area contributed by atoms with Crippen molar-refractivity contribution < 1.29 is 18.3 Å². The van der Waals surface area contributed by atoms with Crippen LogP contribution in [0, 0.1) is 0 Å². The first-order valence-corrected chi connectivity index (χ1v) is 5.42. The van der Waals surface area contributed by atoms with E-state index in [9.17, 15) is 18.3 Å². The summed E-state index contributed by atoms with van der Waals surface area (Å²) >= 11 is 5.68. The van der Waals surface area contributed by atoms with Crippen molar-refractivity contribution in [3.05, 3.63) is 53.1 Å². The summed E-state index contributed by atoms with van der Waals surface area (Å²) in [6.45, 7) is 0. The van der Waals surface area contributed by atoms with Crippen molar-refractivity contribution in [1.82, 2.24) is 0 Å². The molecule has 0 saturated heterocycles. The minimum Gasteiger partial charge on any atom is -0.507 e. The fourth-order valence-electron chi connectivity index (χ4n) is 1.59. The van der Waals surface area contributed by atoms with Gasteiger partial charge in [-0.2, -0.15) is 13.2 Å². The minimum absolute atomic E-state index is 0.0674. The Morgan fingerprint density at radius 2 is 1.56 bits per heavy atom. The molecular weight excluding hydrogens is 265 g/mol. The molecule has 94 valence electrons. The second kappa shape index (κ2) is 4.53. The highest BCUT2D eigenvalue weighted by Gasteiger charge is 2.30. The zero-order chi connectivity index (χ0) is 13.3. The van der Waals surface area contributed by atoms with Gasteiger partial charge in [-0.15, -0.1) is 0 Å². The Balaban J connectivity index is 2.41. The van der Waals surface area contributed by atoms with Crippen LogP contribution in [0.4, 0.5) is 13.2 Å². The molecule has 0 amide bonds. The molecule has 0 unspecified atom stereocenters. The molecule has 0 aliphatic heterocycles. The molecule has 1 nitrogen and oxygen atoms in total. The highest BCUT2D eigenvalue weighted by molar-refractivity contribution is 6.30. The Kier molecular flexibility index (Phi) is 3.22. The van der Waals surface area contributed by atoms with Crippen LogP contribution >= 0.6 is 11.6 Å². The smallest absolute Gasteiger partial charge is 0.416 e. The fraction of sp³-hybridized carbons (Fsp3) is 0.0769. The zero-order valence-electron chi connectivity index (χ0n) is 9.00. The molecule has 2 rings (SSSR count). The van der Waals surface area contributed by atoms with Crippen LogP contribution < -0.4 is 0 Å². The summed E-state index contributed by atoms with van der Waals surface area (Å²) < 4.78 is 37.2. The van der Waals surface area contributed by atoms with E-state index in [1.807, 2.05) is 0 Å². The maximum Gasteiger partial charge on any atom is 0.416 e. The van der Waals surface area contributed by atoms with E-state index in [0.29, 0.717) is 16.1 Å². The number of alkyl halides is 3. The van der Waals surface area contributed by atoms with E-state index in [2.05, 4.69) is 0 Å². The van der Waals surface area contributed by atoms with E-state index in [-0.39, 0.29) is 5.75 Å². The third-order valence-corrected chi connectivity index (χ3v) is 2.72. The predicted molar refractivity (Wildman–Crippen MR) is 63.6 cm³/mol. The lowest BCUT2D eigenvalue weighted by Gasteiger charge is -2.09. The van der Waals surface area contributed by atoms with Gasteiger partial charge in [0.25, 0.3) is 0 Å². The zero-order valence-corrected chi connectivity index (χ0v) is 9.76. The monoisotopic (exact) mass is 272 g/mol. The first-order chi connectivity index (χ1) is 8.38. The lowest BCUT2D eigenvalue weighted by Crippen LogP contribution is -2.03. The van der Waals surface area contributed by atoms with Gasteiger partial charge in [-0.05, 0) is 35.9 Å². The van der Waals surface area contributed by atoms with Crippen molar-refractivity contribution in [1.29, 1.82) is 0 Å². The van der Waals surface area contributed by atoms with Crippen LogP contribution in [0.15, 0.2) is 42.5 Å². The second-order valence-corrected chi connectivity index (χ2v) is 4.17. The largest absolute Gasteiger partial charge is 0.507 e. The van der Waals surface area contributed by atoms with Gasteiger partial charge in [-0.3, -0.25) is 0 Å². The average Bonchev–Trinajstić information content (AvgIpc) is 2.28. The summed E-state index contributed by atoms with van der Waals surface area (Å²) in [4.78, 5) is 0. The molecule has 18 heavy (non-hydrogen) atoms. The van der Waals surface area contributed by atoms with E-state index in [0.717, 1.165) is 12.1 Å². The van der Waals surface area contributed by atoms with E-state index < -0.39 is 11.7 Å². The molecule has 0 heterocycles. The number of hydrogen-bond donors (Lipinski definition) is 1. The number of rotatable bonds is 1. The summed E-state index contributed by atoms with van der Waals surface area (Å²) in [5, 5.41) is 10.0. The van der Waals surface area contributed by atoms with Crippen LogP contribution in [0.25, 0.3) is 11.1 Å². The first-order valence-electron chi connectivity index (χ1n) is 5.04. The Labute approximate surface area is 106 Å². The van der Waals surface area contributed by atoms with Gasteiger partial charge in [0.2, 0.25) is 0 Å². The van der Waals surface area contributed by atoms with Crippen LogP contribution in [0.3, 0.4) is 0 Å². The lowest BCUT2D eigenvalue weighted by atomic mass is 10.0. The Morgan fingerprint density at radius 1 is 0.944 bits per heavy atom. The molecule has 0 atom stereocenters. The van der Waals surface area contributed by atoms with Gasteiger partial charge in [0, 0.05) is 10.6 Å². The molecular formula is C13H8ClF3O. The first kappa shape index (κ1) is 12.8. The normalized spacial score (nSPS) is 11.6. The third-order valence-electron chi connectivity index (χ3n) is 2.48. The van der Waals surface area contributed by atoms with Crippen molar-refractivity contribution in [2.75, 3.05) is 0 Å². The van der Waals surface area contributed by atoms with Crippen LogP contribution in [0.2, 0.25) is 5.02 Å². The standard InChI is InChI=1S/C13H8ClF3O/c14-10-5-6-11(12(18)7-10)8-1-3-9(4-2-8)13(15,16)17/h1-7,18H. The summed E-state index contributed by atoms with van der Waals surface area (Å²) in [6.07, 6.45) is -4.36. The van der Waals surface area contributed by atoms with Crippen molar-refractivity contribution in [2.45, 2.75) is 6.18 Å². The SMILES string of the molecule is Oc1cc(Cl)ccc1-c1ccc(C(F)(F)F)cc1. The molecule has 0 aliphatic rings. The molecule has 5 heteroatoms. The number of aromatic hydroxyl groups is 1. The maximum atomic E-state index is 12.4. The molecule has 2 aromatic carbocycles. The maximum absolute atomic E-state index is 12.4. The van der Waals surface area contributed by atoms with Crippen LogP contribution in [0.1, 0.15) is 5.56 Å². The molecule has 0 radical (unpaired) electrons. The Bertz CT molecular complexity index is 561. The fourth-order valence-corrected chi connectivity index (χ4v) is 1.75. The highest BCUT2D eigenvalue weighted by atomic mass is 35.5. The van der Waals surface area contributed by atoms with Gasteiger partial charge < -0.3 is 5.11 Å². The average molecular weight is 273 g/mol. The Morgan fingerprint density at radius 3 is 2.06 bits per heavy atom. The summed E-state index contributed by atoms with van der Waals surface area (Å²) in [7, 11) is 0. The number of halogens is 4. The molecule has 0 fully saturated rings. The van der Waals surface area contributed by atoms with E-state index >= 15 is 0 Å². The molecule has 0 saturated carbocycles. The minimum atomic E-state index is -4.36. The van der Waals surface area contributed by atoms with E-state index in [1.165, 1.54) is 18.2 Å². The van der Waals surface area contributed by atoms with Gasteiger partial charge >= 0.3 is 6.18 Å². The summed E-state index contributed by atoms with van der Waals surface area (Å²) in [5.74, 6) is -0.0674. The number of phenolic OH excluding ortho intramolecular Hbond substituents is 1. The van der Waals surface area contributed by atoms with Gasteiger partial charge in [-0.1, -0.05) is 23.7 Å². The summed E-state index contributed by atoms with van der Waals surface area (Å²) in [6, 6.07) is 9.04. The molecule has 0 bridgehead atoms. The van der Waals surface area contributed by atoms with Crippen LogP contribution in [-0.2, 0) is 6.18 Å². The molecule has 0 spiro atoms. The van der Waals surface area contributed by atoms with Gasteiger partial charge in [0.05, 0.1) is 5.56 Å². The van der Waals surface area contributed by atoms with Crippen molar-refractivity contribution in [2.24, 2.45) is 0 Å². The number of benzene rings is 2. The van der Waals surface area contributed by atoms with Crippen molar-refractivity contribution >= 4 is 11.6 Å². The van der Waals surface area contributed by atoms with Gasteiger partial charge in [-0.25, -0.2) is 0 Å².